The Balaban J connectivity index is 2.18. The maximum atomic E-state index is 13.0. The predicted molar refractivity (Wildman–Crippen MR) is 65.5 cm³/mol. The van der Waals surface area contributed by atoms with Crippen LogP contribution >= 0.6 is 11.3 Å². The van der Waals surface area contributed by atoms with Crippen LogP contribution in [0, 0.1) is 18.8 Å². The van der Waals surface area contributed by atoms with Crippen molar-refractivity contribution in [1.29, 1.82) is 0 Å². The summed E-state index contributed by atoms with van der Waals surface area (Å²) >= 11 is 1.38. The summed E-state index contributed by atoms with van der Waals surface area (Å²) in [5.74, 6) is -2.04. The Morgan fingerprint density at radius 1 is 1.28 bits per heavy atom. The number of rotatable bonds is 2. The number of halogens is 3. The summed E-state index contributed by atoms with van der Waals surface area (Å²) < 4.78 is 38.9. The van der Waals surface area contributed by atoms with Crippen LogP contribution in [-0.2, 0) is 0 Å². The van der Waals surface area contributed by atoms with E-state index in [4.69, 9.17) is 0 Å². The van der Waals surface area contributed by atoms with Crippen LogP contribution in [0.2, 0.25) is 0 Å². The van der Waals surface area contributed by atoms with Crippen molar-refractivity contribution in [2.75, 3.05) is 0 Å². The van der Waals surface area contributed by atoms with Gasteiger partial charge in [-0.2, -0.15) is 13.2 Å². The van der Waals surface area contributed by atoms with E-state index in [1.54, 1.807) is 6.07 Å². The molecule has 1 nitrogen and oxygen atoms in total. The van der Waals surface area contributed by atoms with Crippen molar-refractivity contribution < 1.29 is 18.3 Å². The zero-order valence-corrected chi connectivity index (χ0v) is 11.0. The minimum atomic E-state index is -4.20. The van der Waals surface area contributed by atoms with E-state index >= 15 is 0 Å². The van der Waals surface area contributed by atoms with Gasteiger partial charge in [-0.25, -0.2) is 0 Å². The molecule has 102 valence electrons. The van der Waals surface area contributed by atoms with Crippen molar-refractivity contribution in [3.63, 3.8) is 0 Å². The quantitative estimate of drug-likeness (QED) is 0.847. The molecule has 0 bridgehead atoms. The number of hydrogen-bond acceptors (Lipinski definition) is 2. The van der Waals surface area contributed by atoms with Gasteiger partial charge in [0.15, 0.2) is 0 Å². The fourth-order valence-electron chi connectivity index (χ4n) is 2.77. The zero-order valence-electron chi connectivity index (χ0n) is 10.2. The summed E-state index contributed by atoms with van der Waals surface area (Å²) in [4.78, 5) is 1.68. The molecule has 0 spiro atoms. The highest BCUT2D eigenvalue weighted by Crippen LogP contribution is 2.47. The van der Waals surface area contributed by atoms with Crippen LogP contribution in [0.3, 0.4) is 0 Å². The predicted octanol–water partition coefficient (Wildman–Crippen LogP) is 4.46. The van der Waals surface area contributed by atoms with Gasteiger partial charge in [0.1, 0.15) is 0 Å². The molecule has 3 atom stereocenters. The van der Waals surface area contributed by atoms with Gasteiger partial charge in [-0.3, -0.25) is 0 Å². The highest BCUT2D eigenvalue weighted by atomic mass is 32.1. The lowest BCUT2D eigenvalue weighted by molar-refractivity contribution is -0.207. The zero-order chi connectivity index (χ0) is 13.3. The first-order chi connectivity index (χ1) is 8.39. The second-order valence-electron chi connectivity index (χ2n) is 4.99. The first kappa shape index (κ1) is 13.9. The summed E-state index contributed by atoms with van der Waals surface area (Å²) in [5.41, 5.74) is 0. The average molecular weight is 278 g/mol. The largest absolute Gasteiger partial charge is 0.392 e. The summed E-state index contributed by atoms with van der Waals surface area (Å²) in [6, 6.07) is 3.58. The van der Waals surface area contributed by atoms with Crippen molar-refractivity contribution in [2.24, 2.45) is 11.8 Å². The molecule has 3 unspecified atom stereocenters. The monoisotopic (exact) mass is 278 g/mol. The Morgan fingerprint density at radius 3 is 2.50 bits per heavy atom. The lowest BCUT2D eigenvalue weighted by Gasteiger charge is -2.35. The second-order valence-corrected chi connectivity index (χ2v) is 6.31. The highest BCUT2D eigenvalue weighted by Gasteiger charge is 2.48. The van der Waals surface area contributed by atoms with E-state index in [9.17, 15) is 18.3 Å². The van der Waals surface area contributed by atoms with Gasteiger partial charge < -0.3 is 5.11 Å². The lowest BCUT2D eigenvalue weighted by Crippen LogP contribution is -2.36. The molecule has 0 aromatic carbocycles. The van der Waals surface area contributed by atoms with Crippen LogP contribution in [0.15, 0.2) is 12.1 Å². The van der Waals surface area contributed by atoms with Gasteiger partial charge in [0, 0.05) is 15.7 Å². The van der Waals surface area contributed by atoms with Crippen molar-refractivity contribution in [2.45, 2.75) is 44.9 Å². The second kappa shape index (κ2) is 5.21. The van der Waals surface area contributed by atoms with Crippen LogP contribution in [0.5, 0.6) is 0 Å². The van der Waals surface area contributed by atoms with Crippen LogP contribution < -0.4 is 0 Å². The average Bonchev–Trinajstić information content (AvgIpc) is 2.74. The Kier molecular flexibility index (Phi) is 4.02. The molecule has 0 amide bonds. The summed E-state index contributed by atoms with van der Waals surface area (Å²) in [5, 5.41) is 10.2. The Hall–Kier alpha value is -0.550. The third-order valence-corrected chi connectivity index (χ3v) is 4.77. The van der Waals surface area contributed by atoms with Gasteiger partial charge in [-0.15, -0.1) is 11.3 Å². The molecule has 1 saturated carbocycles. The van der Waals surface area contributed by atoms with E-state index in [-0.39, 0.29) is 6.42 Å². The van der Waals surface area contributed by atoms with E-state index in [1.165, 1.54) is 11.3 Å². The Morgan fingerprint density at radius 2 is 1.94 bits per heavy atom. The number of aliphatic hydroxyl groups excluding tert-OH is 1. The maximum absolute atomic E-state index is 13.0. The molecular weight excluding hydrogens is 261 g/mol. The summed E-state index contributed by atoms with van der Waals surface area (Å²) in [6.07, 6.45) is -3.18. The molecule has 0 radical (unpaired) electrons. The van der Waals surface area contributed by atoms with Crippen molar-refractivity contribution in [3.8, 4) is 0 Å². The molecule has 1 fully saturated rings. The molecule has 5 heteroatoms. The lowest BCUT2D eigenvalue weighted by atomic mass is 9.75. The van der Waals surface area contributed by atoms with Crippen LogP contribution in [0.4, 0.5) is 13.2 Å². The van der Waals surface area contributed by atoms with Crippen molar-refractivity contribution >= 4 is 11.3 Å². The SMILES string of the molecule is Cc1ccc(C(O)C2CCCCC2C(F)(F)F)s1. The molecule has 18 heavy (non-hydrogen) atoms. The van der Waals surface area contributed by atoms with Gasteiger partial charge in [0.2, 0.25) is 0 Å². The number of thiophene rings is 1. The Bertz CT molecular complexity index is 399. The molecule has 1 aromatic heterocycles. The molecule has 1 aliphatic carbocycles. The van der Waals surface area contributed by atoms with E-state index in [1.807, 2.05) is 13.0 Å². The number of aliphatic hydroxyl groups is 1. The first-order valence-electron chi connectivity index (χ1n) is 6.20. The third kappa shape index (κ3) is 2.88. The van der Waals surface area contributed by atoms with Crippen molar-refractivity contribution in [1.82, 2.24) is 0 Å². The maximum Gasteiger partial charge on any atom is 0.392 e. The standard InChI is InChI=1S/C13H17F3OS/c1-8-6-7-11(18-8)12(17)9-4-2-3-5-10(9)13(14,15)16/h6-7,9-10,12,17H,2-5H2,1H3. The summed E-state index contributed by atoms with van der Waals surface area (Å²) in [6.45, 7) is 1.89. The normalized spacial score (nSPS) is 27.2. The van der Waals surface area contributed by atoms with Crippen LogP contribution in [0.1, 0.15) is 41.5 Å². The molecule has 1 N–H and O–H groups in total. The number of aryl methyl sites for hydroxylation is 1. The number of hydrogen-bond donors (Lipinski definition) is 1. The molecular formula is C13H17F3OS. The van der Waals surface area contributed by atoms with Gasteiger partial charge in [0.05, 0.1) is 12.0 Å². The molecule has 1 heterocycles. The topological polar surface area (TPSA) is 20.2 Å². The first-order valence-corrected chi connectivity index (χ1v) is 7.02. The summed E-state index contributed by atoms with van der Waals surface area (Å²) in [7, 11) is 0. The minimum Gasteiger partial charge on any atom is -0.387 e. The molecule has 0 aliphatic heterocycles. The minimum absolute atomic E-state index is 0.148. The number of alkyl halides is 3. The smallest absolute Gasteiger partial charge is 0.387 e. The van der Waals surface area contributed by atoms with E-state index in [2.05, 4.69) is 0 Å². The third-order valence-electron chi connectivity index (χ3n) is 3.70. The van der Waals surface area contributed by atoms with E-state index in [0.29, 0.717) is 17.7 Å². The van der Waals surface area contributed by atoms with Crippen molar-refractivity contribution in [3.05, 3.63) is 21.9 Å². The molecule has 2 rings (SSSR count). The fourth-order valence-corrected chi connectivity index (χ4v) is 3.71. The fraction of sp³-hybridized carbons (Fsp3) is 0.692. The van der Waals surface area contributed by atoms with Gasteiger partial charge >= 0.3 is 6.18 Å². The molecule has 1 aromatic rings. The van der Waals surface area contributed by atoms with Crippen LogP contribution in [0.25, 0.3) is 0 Å². The van der Waals surface area contributed by atoms with Gasteiger partial charge in [0.25, 0.3) is 0 Å². The molecule has 0 saturated heterocycles. The highest BCUT2D eigenvalue weighted by molar-refractivity contribution is 7.12. The van der Waals surface area contributed by atoms with Crippen LogP contribution in [-0.4, -0.2) is 11.3 Å². The van der Waals surface area contributed by atoms with E-state index in [0.717, 1.165) is 11.3 Å². The molecule has 1 aliphatic rings. The Labute approximate surface area is 109 Å². The van der Waals surface area contributed by atoms with E-state index < -0.39 is 24.1 Å². The van der Waals surface area contributed by atoms with Gasteiger partial charge in [-0.1, -0.05) is 12.8 Å². The van der Waals surface area contributed by atoms with Gasteiger partial charge in [-0.05, 0) is 31.9 Å².